The fourth-order valence-electron chi connectivity index (χ4n) is 3.52. The molecule has 2 aromatic carbocycles. The fraction of sp³-hybridized carbons (Fsp3) is 0.238. The first kappa shape index (κ1) is 18.7. The Balaban J connectivity index is 1.61. The zero-order chi connectivity index (χ0) is 20.5. The second-order valence-corrected chi connectivity index (χ2v) is 7.14. The van der Waals surface area contributed by atoms with Crippen LogP contribution in [-0.4, -0.2) is 27.5 Å². The van der Waals surface area contributed by atoms with Gasteiger partial charge in [0, 0.05) is 18.5 Å². The minimum Gasteiger partial charge on any atom is -0.348 e. The number of fused-ring (bicyclic) bond motifs is 1. The van der Waals surface area contributed by atoms with Gasteiger partial charge in [0.1, 0.15) is 6.04 Å². The van der Waals surface area contributed by atoms with E-state index in [9.17, 15) is 19.2 Å². The number of rotatable bonds is 4. The van der Waals surface area contributed by atoms with Gasteiger partial charge in [-0.15, -0.1) is 0 Å². The molecule has 0 bridgehead atoms. The molecule has 1 fully saturated rings. The topological polar surface area (TPSA) is 113 Å². The van der Waals surface area contributed by atoms with Crippen molar-refractivity contribution in [2.75, 3.05) is 0 Å². The minimum absolute atomic E-state index is 0.173. The maximum atomic E-state index is 13.0. The van der Waals surface area contributed by atoms with E-state index in [1.165, 1.54) is 4.68 Å². The molecule has 1 saturated heterocycles. The highest BCUT2D eigenvalue weighted by Gasteiger charge is 2.30. The van der Waals surface area contributed by atoms with Gasteiger partial charge in [0.05, 0.1) is 10.9 Å². The highest BCUT2D eigenvalue weighted by Crippen LogP contribution is 2.20. The lowest BCUT2D eigenvalue weighted by Gasteiger charge is -2.20. The van der Waals surface area contributed by atoms with Crippen LogP contribution in [0.25, 0.3) is 10.9 Å². The van der Waals surface area contributed by atoms with Crippen LogP contribution in [0.4, 0.5) is 0 Å². The third kappa shape index (κ3) is 3.56. The number of aromatic amines is 1. The highest BCUT2D eigenvalue weighted by atomic mass is 16.2. The second-order valence-electron chi connectivity index (χ2n) is 7.14. The van der Waals surface area contributed by atoms with Crippen LogP contribution < -0.4 is 16.2 Å². The van der Waals surface area contributed by atoms with Crippen LogP contribution in [0.1, 0.15) is 40.4 Å². The molecule has 1 aliphatic rings. The average Bonchev–Trinajstić information content (AvgIpc) is 3.04. The third-order valence-electron chi connectivity index (χ3n) is 5.10. The summed E-state index contributed by atoms with van der Waals surface area (Å²) in [6.45, 7) is 2.12. The Morgan fingerprint density at radius 2 is 1.90 bits per heavy atom. The molecule has 1 aromatic heterocycles. The first-order chi connectivity index (χ1) is 13.9. The van der Waals surface area contributed by atoms with Crippen molar-refractivity contribution in [2.24, 2.45) is 0 Å². The van der Waals surface area contributed by atoms with Crippen LogP contribution in [0.3, 0.4) is 0 Å². The van der Waals surface area contributed by atoms with Gasteiger partial charge in [0.15, 0.2) is 0 Å². The van der Waals surface area contributed by atoms with Gasteiger partial charge in [-0.05, 0) is 37.1 Å². The molecule has 4 rings (SSSR count). The largest absolute Gasteiger partial charge is 0.348 e. The van der Waals surface area contributed by atoms with Crippen molar-refractivity contribution in [3.05, 3.63) is 69.5 Å². The quantitative estimate of drug-likeness (QED) is 0.585. The van der Waals surface area contributed by atoms with Gasteiger partial charge < -0.3 is 5.32 Å². The Kier molecular flexibility index (Phi) is 4.75. The van der Waals surface area contributed by atoms with Crippen LogP contribution in [0.2, 0.25) is 0 Å². The number of nitrogens with zero attached hydrogens (tertiary/aromatic N) is 1. The predicted molar refractivity (Wildman–Crippen MR) is 106 cm³/mol. The summed E-state index contributed by atoms with van der Waals surface area (Å²) in [7, 11) is 0. The van der Waals surface area contributed by atoms with Crippen LogP contribution in [-0.2, 0) is 16.1 Å². The Hall–Kier alpha value is -3.68. The number of imide groups is 1. The van der Waals surface area contributed by atoms with Crippen molar-refractivity contribution in [2.45, 2.75) is 32.4 Å². The number of benzene rings is 2. The van der Waals surface area contributed by atoms with E-state index in [0.717, 1.165) is 5.56 Å². The van der Waals surface area contributed by atoms with Crippen molar-refractivity contribution in [3.8, 4) is 0 Å². The molecule has 0 aliphatic carbocycles. The summed E-state index contributed by atoms with van der Waals surface area (Å²) in [5, 5.41) is 8.48. The highest BCUT2D eigenvalue weighted by molar-refractivity contribution is 5.99. The summed E-state index contributed by atoms with van der Waals surface area (Å²) in [6.07, 6.45) is 0.439. The number of carbonyl (C=O) groups excluding carboxylic acids is 3. The fourth-order valence-corrected chi connectivity index (χ4v) is 3.52. The van der Waals surface area contributed by atoms with E-state index in [2.05, 4.69) is 15.7 Å². The van der Waals surface area contributed by atoms with Crippen LogP contribution in [0.5, 0.6) is 0 Å². The van der Waals surface area contributed by atoms with Crippen LogP contribution in [0, 0.1) is 6.92 Å². The Morgan fingerprint density at radius 3 is 2.62 bits per heavy atom. The van der Waals surface area contributed by atoms with E-state index < -0.39 is 11.9 Å². The number of aromatic nitrogens is 2. The Morgan fingerprint density at radius 1 is 1.14 bits per heavy atom. The minimum atomic E-state index is -0.761. The molecule has 29 heavy (non-hydrogen) atoms. The molecule has 3 amide bonds. The molecule has 3 aromatic rings. The monoisotopic (exact) mass is 392 g/mol. The number of nitrogens with one attached hydrogen (secondary N) is 3. The van der Waals surface area contributed by atoms with E-state index >= 15 is 0 Å². The Labute approximate surface area is 165 Å². The van der Waals surface area contributed by atoms with E-state index in [-0.39, 0.29) is 36.8 Å². The number of hydrogen-bond acceptors (Lipinski definition) is 4. The van der Waals surface area contributed by atoms with Crippen LogP contribution >= 0.6 is 0 Å². The molecule has 1 atom stereocenters. The standard InChI is InChI=1S/C21H20N4O4/c1-12-5-7-13(8-6-12)19(27)22-11-14-3-2-4-15-18(14)21(29)25(24-15)16-9-10-17(26)23-20(16)28/h2-8,16,24H,9-11H2,1H3,(H,22,27)(H,23,26,28). The zero-order valence-corrected chi connectivity index (χ0v) is 15.8. The van der Waals surface area contributed by atoms with Gasteiger partial charge in [-0.3, -0.25) is 29.6 Å². The number of amides is 3. The molecule has 1 unspecified atom stereocenters. The third-order valence-corrected chi connectivity index (χ3v) is 5.10. The molecule has 0 spiro atoms. The maximum Gasteiger partial charge on any atom is 0.275 e. The predicted octanol–water partition coefficient (Wildman–Crippen LogP) is 1.55. The molecule has 8 heteroatoms. The summed E-state index contributed by atoms with van der Waals surface area (Å²) in [5.41, 5.74) is 2.47. The van der Waals surface area contributed by atoms with E-state index in [1.54, 1.807) is 30.3 Å². The average molecular weight is 392 g/mol. The van der Waals surface area contributed by atoms with Gasteiger partial charge in [-0.25, -0.2) is 4.68 Å². The summed E-state index contributed by atoms with van der Waals surface area (Å²) in [6, 6.07) is 11.7. The number of piperidine rings is 1. The molecule has 2 heterocycles. The number of hydrogen-bond donors (Lipinski definition) is 3. The number of aryl methyl sites for hydroxylation is 1. The summed E-state index contributed by atoms with van der Waals surface area (Å²) < 4.78 is 1.26. The zero-order valence-electron chi connectivity index (χ0n) is 15.8. The SMILES string of the molecule is Cc1ccc(C(=O)NCc2cccc3[nH]n(C4CCC(=O)NC4=O)c(=O)c23)cc1. The van der Waals surface area contributed by atoms with Crippen molar-refractivity contribution < 1.29 is 14.4 Å². The normalized spacial score (nSPS) is 16.7. The van der Waals surface area contributed by atoms with Crippen LogP contribution in [0.15, 0.2) is 47.3 Å². The Bertz CT molecular complexity index is 1170. The number of H-pyrrole nitrogens is 1. The van der Waals surface area contributed by atoms with E-state index in [0.29, 0.717) is 22.0 Å². The molecule has 0 radical (unpaired) electrons. The second kappa shape index (κ2) is 7.38. The lowest BCUT2D eigenvalue weighted by molar-refractivity contribution is -0.136. The van der Waals surface area contributed by atoms with Crippen molar-refractivity contribution in [1.82, 2.24) is 20.4 Å². The van der Waals surface area contributed by atoms with E-state index in [1.807, 2.05) is 19.1 Å². The molecule has 3 N–H and O–H groups in total. The van der Waals surface area contributed by atoms with Crippen molar-refractivity contribution in [3.63, 3.8) is 0 Å². The lowest BCUT2D eigenvalue weighted by atomic mass is 10.1. The lowest BCUT2D eigenvalue weighted by Crippen LogP contribution is -2.44. The summed E-state index contributed by atoms with van der Waals surface area (Å²) >= 11 is 0. The maximum absolute atomic E-state index is 13.0. The molecule has 0 saturated carbocycles. The van der Waals surface area contributed by atoms with E-state index in [4.69, 9.17) is 0 Å². The molecule has 148 valence electrons. The summed E-state index contributed by atoms with van der Waals surface area (Å²) in [5.74, 6) is -1.07. The molecule has 1 aliphatic heterocycles. The van der Waals surface area contributed by atoms with Gasteiger partial charge in [-0.1, -0.05) is 29.8 Å². The first-order valence-electron chi connectivity index (χ1n) is 9.34. The van der Waals surface area contributed by atoms with Gasteiger partial charge in [0.2, 0.25) is 5.91 Å². The van der Waals surface area contributed by atoms with Gasteiger partial charge >= 0.3 is 0 Å². The smallest absolute Gasteiger partial charge is 0.275 e. The van der Waals surface area contributed by atoms with Gasteiger partial charge in [-0.2, -0.15) is 0 Å². The van der Waals surface area contributed by atoms with Crippen molar-refractivity contribution >= 4 is 28.6 Å². The van der Waals surface area contributed by atoms with Gasteiger partial charge in [0.25, 0.3) is 17.4 Å². The molecular weight excluding hydrogens is 372 g/mol. The first-order valence-corrected chi connectivity index (χ1v) is 9.34. The number of carbonyl (C=O) groups is 3. The summed E-state index contributed by atoms with van der Waals surface area (Å²) in [4.78, 5) is 48.9. The van der Waals surface area contributed by atoms with Crippen molar-refractivity contribution in [1.29, 1.82) is 0 Å². The molecule has 8 nitrogen and oxygen atoms in total. The molecular formula is C21H20N4O4.